The Morgan fingerprint density at radius 1 is 1.16 bits per heavy atom. The lowest BCUT2D eigenvalue weighted by molar-refractivity contribution is -0.117. The zero-order valence-electron chi connectivity index (χ0n) is 16.9. The monoisotopic (exact) mass is 480 g/mol. The first-order valence-electron chi connectivity index (χ1n) is 9.54. The molecule has 4 rings (SSSR count). The van der Waals surface area contributed by atoms with Crippen LogP contribution in [0, 0.1) is 0 Å². The van der Waals surface area contributed by atoms with Gasteiger partial charge in [0.25, 0.3) is 5.91 Å². The van der Waals surface area contributed by atoms with Crippen molar-refractivity contribution < 1.29 is 22.7 Å². The number of amidine groups is 1. The zero-order chi connectivity index (χ0) is 22.2. The Kier molecular flexibility index (Phi) is 6.18. The third-order valence-electron chi connectivity index (χ3n) is 5.20. The van der Waals surface area contributed by atoms with Crippen molar-refractivity contribution in [1.29, 1.82) is 0 Å². The lowest BCUT2D eigenvalue weighted by Gasteiger charge is -2.26. The average Bonchev–Trinajstić information content (AvgIpc) is 3.19. The smallest absolute Gasteiger partial charge is 0.252 e. The summed E-state index contributed by atoms with van der Waals surface area (Å²) in [6.07, 6.45) is 0.127. The molecule has 2 aromatic rings. The lowest BCUT2D eigenvalue weighted by atomic mass is 10.1. The van der Waals surface area contributed by atoms with Crippen LogP contribution in [-0.2, 0) is 21.1 Å². The van der Waals surface area contributed by atoms with E-state index in [0.717, 1.165) is 5.56 Å². The minimum atomic E-state index is -3.17. The molecule has 0 aliphatic carbocycles. The van der Waals surface area contributed by atoms with Crippen molar-refractivity contribution in [1.82, 2.24) is 0 Å². The van der Waals surface area contributed by atoms with Crippen molar-refractivity contribution >= 4 is 50.0 Å². The van der Waals surface area contributed by atoms with Gasteiger partial charge in [0.05, 0.1) is 43.9 Å². The molecule has 1 amide bonds. The normalized spacial score (nSPS) is 23.1. The highest BCUT2D eigenvalue weighted by Crippen LogP contribution is 2.44. The summed E-state index contributed by atoms with van der Waals surface area (Å²) in [6, 6.07) is 12.0. The number of rotatable bonds is 5. The quantitative estimate of drug-likeness (QED) is 0.649. The SMILES string of the molecule is COc1ccc(CC(=O)N=C2S[C@@H]3CS(=O)(=O)C[C@@H]3N2c2cc(Cl)ccc2OC)cc1. The number of methoxy groups -OCH3 is 2. The molecule has 10 heteroatoms. The number of benzene rings is 2. The molecule has 2 aromatic carbocycles. The summed E-state index contributed by atoms with van der Waals surface area (Å²) in [5.41, 5.74) is 1.41. The van der Waals surface area contributed by atoms with Crippen LogP contribution in [0.4, 0.5) is 5.69 Å². The summed E-state index contributed by atoms with van der Waals surface area (Å²) in [7, 11) is -0.0565. The number of sulfone groups is 1. The molecule has 0 saturated carbocycles. The standard InChI is InChI=1S/C21H21ClN2O5S2/c1-28-15-6-3-13(4-7-15)9-20(25)23-21-24(16-10-14(22)5-8-18(16)29-2)17-11-31(26,27)12-19(17)30-21/h3-8,10,17,19H,9,11-12H2,1-2H3/t17-,19+/m0/s1. The number of hydrogen-bond donors (Lipinski definition) is 0. The van der Waals surface area contributed by atoms with E-state index in [1.807, 2.05) is 12.1 Å². The van der Waals surface area contributed by atoms with Crippen LogP contribution in [0.15, 0.2) is 47.5 Å². The van der Waals surface area contributed by atoms with Crippen LogP contribution in [0.25, 0.3) is 0 Å². The van der Waals surface area contributed by atoms with E-state index in [4.69, 9.17) is 21.1 Å². The van der Waals surface area contributed by atoms with Crippen LogP contribution in [0.2, 0.25) is 5.02 Å². The van der Waals surface area contributed by atoms with Gasteiger partial charge in [-0.15, -0.1) is 0 Å². The molecule has 7 nitrogen and oxygen atoms in total. The molecule has 31 heavy (non-hydrogen) atoms. The van der Waals surface area contributed by atoms with E-state index < -0.39 is 9.84 Å². The minimum absolute atomic E-state index is 0.00791. The molecule has 2 fully saturated rings. The Bertz CT molecular complexity index is 1130. The average molecular weight is 481 g/mol. The van der Waals surface area contributed by atoms with Gasteiger partial charge in [0.2, 0.25) is 0 Å². The molecule has 2 aliphatic rings. The Balaban J connectivity index is 1.67. The Hall–Kier alpha value is -2.23. The van der Waals surface area contributed by atoms with Gasteiger partial charge in [-0.1, -0.05) is 35.5 Å². The molecule has 0 bridgehead atoms. The zero-order valence-corrected chi connectivity index (χ0v) is 19.3. The third-order valence-corrected chi connectivity index (χ3v) is 8.65. The van der Waals surface area contributed by atoms with Gasteiger partial charge in [0, 0.05) is 10.3 Å². The van der Waals surface area contributed by atoms with Gasteiger partial charge in [-0.2, -0.15) is 4.99 Å². The molecular weight excluding hydrogens is 460 g/mol. The predicted octanol–water partition coefficient (Wildman–Crippen LogP) is 3.20. The molecule has 0 radical (unpaired) electrons. The fourth-order valence-corrected chi connectivity index (χ4v) is 7.85. The molecule has 2 saturated heterocycles. The van der Waals surface area contributed by atoms with Crippen molar-refractivity contribution in [3.63, 3.8) is 0 Å². The molecule has 0 spiro atoms. The number of anilines is 1. The maximum atomic E-state index is 12.7. The van der Waals surface area contributed by atoms with Crippen molar-refractivity contribution in [2.75, 3.05) is 30.6 Å². The maximum absolute atomic E-state index is 12.7. The van der Waals surface area contributed by atoms with Gasteiger partial charge in [-0.25, -0.2) is 8.42 Å². The number of ether oxygens (including phenoxy) is 2. The Morgan fingerprint density at radius 2 is 1.90 bits per heavy atom. The number of nitrogens with zero attached hydrogens (tertiary/aromatic N) is 2. The number of carbonyl (C=O) groups excluding carboxylic acids is 1. The summed E-state index contributed by atoms with van der Waals surface area (Å²) >= 11 is 7.53. The van der Waals surface area contributed by atoms with Crippen molar-refractivity contribution in [3.8, 4) is 11.5 Å². The van der Waals surface area contributed by atoms with Crippen LogP contribution < -0.4 is 14.4 Å². The molecule has 0 aromatic heterocycles. The van der Waals surface area contributed by atoms with Crippen LogP contribution in [0.3, 0.4) is 0 Å². The van der Waals surface area contributed by atoms with Gasteiger partial charge >= 0.3 is 0 Å². The Morgan fingerprint density at radius 3 is 2.58 bits per heavy atom. The predicted molar refractivity (Wildman–Crippen MR) is 123 cm³/mol. The topological polar surface area (TPSA) is 85.3 Å². The second-order valence-corrected chi connectivity index (χ2v) is 11.1. The summed E-state index contributed by atoms with van der Waals surface area (Å²) in [4.78, 5) is 18.9. The molecule has 2 aliphatic heterocycles. The summed E-state index contributed by atoms with van der Waals surface area (Å²) in [5, 5.41) is 0.735. The maximum Gasteiger partial charge on any atom is 0.252 e. The molecule has 2 heterocycles. The summed E-state index contributed by atoms with van der Waals surface area (Å²) in [5.74, 6) is 0.966. The van der Waals surface area contributed by atoms with Gasteiger partial charge in [0.15, 0.2) is 15.0 Å². The summed E-state index contributed by atoms with van der Waals surface area (Å²) < 4.78 is 35.1. The molecule has 2 atom stereocenters. The summed E-state index contributed by atoms with van der Waals surface area (Å²) in [6.45, 7) is 0. The lowest BCUT2D eigenvalue weighted by Crippen LogP contribution is -2.38. The molecular formula is C21H21ClN2O5S2. The van der Waals surface area contributed by atoms with Crippen molar-refractivity contribution in [2.45, 2.75) is 17.7 Å². The van der Waals surface area contributed by atoms with Crippen LogP contribution in [0.5, 0.6) is 11.5 Å². The van der Waals surface area contributed by atoms with Crippen LogP contribution >= 0.6 is 23.4 Å². The minimum Gasteiger partial charge on any atom is -0.497 e. The van der Waals surface area contributed by atoms with E-state index in [1.54, 1.807) is 42.3 Å². The van der Waals surface area contributed by atoms with E-state index in [9.17, 15) is 13.2 Å². The van der Waals surface area contributed by atoms with Crippen LogP contribution in [-0.4, -0.2) is 56.5 Å². The van der Waals surface area contributed by atoms with Gasteiger partial charge in [-0.05, 0) is 35.9 Å². The highest BCUT2D eigenvalue weighted by molar-refractivity contribution is 8.16. The number of fused-ring (bicyclic) bond motifs is 1. The van der Waals surface area contributed by atoms with Gasteiger partial charge in [0.1, 0.15) is 11.5 Å². The first-order chi connectivity index (χ1) is 14.8. The highest BCUT2D eigenvalue weighted by Gasteiger charge is 2.50. The second-order valence-electron chi connectivity index (χ2n) is 7.30. The first-order valence-corrected chi connectivity index (χ1v) is 12.6. The molecule has 0 unspecified atom stereocenters. The van der Waals surface area contributed by atoms with Crippen molar-refractivity contribution in [2.24, 2.45) is 4.99 Å². The second kappa shape index (κ2) is 8.72. The molecule has 0 N–H and O–H groups in total. The number of aliphatic imine (C=N–C) groups is 1. The van der Waals surface area contributed by atoms with E-state index in [0.29, 0.717) is 27.4 Å². The number of hydrogen-bond acceptors (Lipinski definition) is 6. The number of amides is 1. The number of carbonyl (C=O) groups is 1. The fraction of sp³-hybridized carbons (Fsp3) is 0.333. The van der Waals surface area contributed by atoms with E-state index in [1.165, 1.54) is 18.9 Å². The third kappa shape index (κ3) is 4.68. The highest BCUT2D eigenvalue weighted by atomic mass is 35.5. The van der Waals surface area contributed by atoms with Gasteiger partial charge in [-0.3, -0.25) is 4.79 Å². The van der Waals surface area contributed by atoms with Crippen molar-refractivity contribution in [3.05, 3.63) is 53.1 Å². The first kappa shape index (κ1) is 22.0. The Labute approximate surface area is 190 Å². The largest absolute Gasteiger partial charge is 0.497 e. The van der Waals surface area contributed by atoms with Gasteiger partial charge < -0.3 is 14.4 Å². The van der Waals surface area contributed by atoms with Crippen LogP contribution in [0.1, 0.15) is 5.56 Å². The molecule has 164 valence electrons. The number of thioether (sulfide) groups is 1. The number of halogens is 1. The van der Waals surface area contributed by atoms with E-state index in [-0.39, 0.29) is 35.1 Å². The van der Waals surface area contributed by atoms with E-state index >= 15 is 0 Å². The fourth-order valence-electron chi connectivity index (χ4n) is 3.76. The van der Waals surface area contributed by atoms with E-state index in [2.05, 4.69) is 4.99 Å².